The summed E-state index contributed by atoms with van der Waals surface area (Å²) in [5.74, 6) is 0.0577. The van der Waals surface area contributed by atoms with Crippen molar-refractivity contribution in [1.29, 1.82) is 5.26 Å². The minimum atomic E-state index is -0.637. The predicted molar refractivity (Wildman–Crippen MR) is 144 cm³/mol. The molecule has 1 saturated heterocycles. The van der Waals surface area contributed by atoms with Crippen LogP contribution in [0.15, 0.2) is 48.8 Å². The monoisotopic (exact) mass is 505 g/mol. The van der Waals surface area contributed by atoms with E-state index in [1.807, 2.05) is 19.2 Å². The molecular weight excluding hydrogens is 466 g/mol. The molecule has 2 N–H and O–H groups in total. The van der Waals surface area contributed by atoms with Gasteiger partial charge in [-0.3, -0.25) is 14.7 Å². The maximum Gasteiger partial charge on any atom is 0.247 e. The predicted octanol–water partition coefficient (Wildman–Crippen LogP) is 3.72. The Hall–Kier alpha value is -3.44. The van der Waals surface area contributed by atoms with Gasteiger partial charge in [0, 0.05) is 36.7 Å². The van der Waals surface area contributed by atoms with Crippen LogP contribution in [-0.2, 0) is 15.0 Å². The lowest BCUT2D eigenvalue weighted by atomic mass is 9.87. The number of likely N-dealkylation sites (tertiary alicyclic amines) is 1. The molecule has 0 spiro atoms. The summed E-state index contributed by atoms with van der Waals surface area (Å²) in [7, 11) is 1.99. The first kappa shape index (κ1) is 28.1. The zero-order valence-corrected chi connectivity index (χ0v) is 22.3. The topological polar surface area (TPSA) is 110 Å². The first-order chi connectivity index (χ1) is 17.7. The highest BCUT2D eigenvalue weighted by Crippen LogP contribution is 2.29. The Kier molecular flexibility index (Phi) is 9.65. The van der Waals surface area contributed by atoms with E-state index in [0.29, 0.717) is 12.8 Å². The summed E-state index contributed by atoms with van der Waals surface area (Å²) in [5, 5.41) is 20.3. The van der Waals surface area contributed by atoms with Crippen LogP contribution in [0.1, 0.15) is 70.0 Å². The van der Waals surface area contributed by atoms with Crippen molar-refractivity contribution in [2.45, 2.75) is 82.5 Å². The molecule has 1 aliphatic heterocycles. The number of aromatic nitrogens is 1. The fourth-order valence-corrected chi connectivity index (χ4v) is 4.73. The van der Waals surface area contributed by atoms with Crippen LogP contribution in [0, 0.1) is 11.5 Å². The van der Waals surface area contributed by atoms with Gasteiger partial charge in [-0.1, -0.05) is 58.2 Å². The van der Waals surface area contributed by atoms with E-state index in [9.17, 15) is 9.59 Å². The zero-order chi connectivity index (χ0) is 27.0. The van der Waals surface area contributed by atoms with Crippen molar-refractivity contribution < 1.29 is 14.7 Å². The molecule has 1 amide bonds. The Bertz CT molecular complexity index is 1060. The summed E-state index contributed by atoms with van der Waals surface area (Å²) in [5.41, 5.74) is 3.34. The molecule has 1 aromatic heterocycles. The molecule has 2 aromatic rings. The molecular formula is C29H39N5O3. The molecule has 1 saturated carbocycles. The molecule has 2 fully saturated rings. The van der Waals surface area contributed by atoms with Crippen LogP contribution in [0.4, 0.5) is 5.69 Å². The number of nitrogens with zero attached hydrogens (tertiary/aromatic N) is 4. The van der Waals surface area contributed by atoms with Crippen molar-refractivity contribution in [3.63, 3.8) is 0 Å². The second-order valence-electron chi connectivity index (χ2n) is 10.9. The minimum absolute atomic E-state index is 0.0577. The van der Waals surface area contributed by atoms with Gasteiger partial charge in [-0.05, 0) is 42.0 Å². The van der Waals surface area contributed by atoms with Crippen LogP contribution in [0.25, 0.3) is 0 Å². The standard InChI is InChI=1S/C24H33N3O.C5H6N2O2/c1-24(2,3)19-12-14-21(15-13-19)27(4)22(18-9-8-16-25-17-18)23(28)26-20-10-6-5-7-11-20;6-3-7-1-5(9)4(7)2-8/h8-9,12-17,20,22H,5-7,10-11H2,1-4H3,(H,26,28);2,4-5,9H,1H2. The van der Waals surface area contributed by atoms with Crippen LogP contribution in [0.2, 0.25) is 0 Å². The van der Waals surface area contributed by atoms with Crippen LogP contribution in [0.5, 0.6) is 0 Å². The molecule has 3 atom stereocenters. The highest BCUT2D eigenvalue weighted by molar-refractivity contribution is 5.86. The van der Waals surface area contributed by atoms with Crippen molar-refractivity contribution in [1.82, 2.24) is 15.2 Å². The minimum Gasteiger partial charge on any atom is -0.389 e. The van der Waals surface area contributed by atoms with Crippen molar-refractivity contribution in [2.24, 2.45) is 0 Å². The number of pyridine rings is 1. The third-order valence-electron chi connectivity index (χ3n) is 7.13. The molecule has 3 unspecified atom stereocenters. The number of nitriles is 1. The third kappa shape index (κ3) is 7.30. The number of hydrogen-bond acceptors (Lipinski definition) is 7. The number of hydrogen-bond donors (Lipinski definition) is 2. The fourth-order valence-electron chi connectivity index (χ4n) is 4.73. The number of amides is 1. The number of rotatable bonds is 6. The summed E-state index contributed by atoms with van der Waals surface area (Å²) in [6, 6.07) is 11.7. The van der Waals surface area contributed by atoms with Crippen LogP contribution < -0.4 is 10.2 Å². The van der Waals surface area contributed by atoms with Crippen molar-refractivity contribution in [3.8, 4) is 6.19 Å². The first-order valence-corrected chi connectivity index (χ1v) is 13.0. The van der Waals surface area contributed by atoms with E-state index in [-0.39, 0.29) is 17.4 Å². The van der Waals surface area contributed by atoms with Gasteiger partial charge in [-0.25, -0.2) is 0 Å². The molecule has 2 heterocycles. The van der Waals surface area contributed by atoms with Gasteiger partial charge in [0.2, 0.25) is 5.91 Å². The Morgan fingerprint density at radius 2 is 1.89 bits per heavy atom. The molecule has 8 nitrogen and oxygen atoms in total. The smallest absolute Gasteiger partial charge is 0.247 e. The number of aliphatic hydroxyl groups excluding tert-OH is 1. The summed E-state index contributed by atoms with van der Waals surface area (Å²) in [6.07, 6.45) is 11.1. The number of benzene rings is 1. The van der Waals surface area contributed by atoms with Gasteiger partial charge in [-0.15, -0.1) is 0 Å². The second kappa shape index (κ2) is 12.7. The summed E-state index contributed by atoms with van der Waals surface area (Å²) in [6.45, 7) is 6.92. The molecule has 2 aliphatic rings. The van der Waals surface area contributed by atoms with Gasteiger partial charge in [-0.2, -0.15) is 5.26 Å². The van der Waals surface area contributed by atoms with Gasteiger partial charge in [0.05, 0.1) is 6.54 Å². The normalized spacial score (nSPS) is 20.4. The summed E-state index contributed by atoms with van der Waals surface area (Å²) in [4.78, 5) is 30.8. The maximum absolute atomic E-state index is 13.3. The van der Waals surface area contributed by atoms with Gasteiger partial charge in [0.15, 0.2) is 6.19 Å². The average molecular weight is 506 g/mol. The molecule has 8 heteroatoms. The first-order valence-electron chi connectivity index (χ1n) is 13.0. The van der Waals surface area contributed by atoms with E-state index in [4.69, 9.17) is 10.4 Å². The Morgan fingerprint density at radius 3 is 2.38 bits per heavy atom. The van der Waals surface area contributed by atoms with E-state index in [0.717, 1.165) is 24.1 Å². The van der Waals surface area contributed by atoms with Crippen molar-refractivity contribution >= 4 is 17.9 Å². The van der Waals surface area contributed by atoms with Crippen LogP contribution in [-0.4, -0.2) is 59.0 Å². The molecule has 1 aromatic carbocycles. The lowest BCUT2D eigenvalue weighted by Gasteiger charge is -2.37. The van der Waals surface area contributed by atoms with Crippen molar-refractivity contribution in [3.05, 3.63) is 59.9 Å². The largest absolute Gasteiger partial charge is 0.389 e. The molecule has 198 valence electrons. The van der Waals surface area contributed by atoms with Crippen molar-refractivity contribution in [2.75, 3.05) is 18.5 Å². The number of carbonyl (C=O) groups excluding carboxylic acids is 2. The van der Waals surface area contributed by atoms with E-state index in [1.54, 1.807) is 18.6 Å². The summed E-state index contributed by atoms with van der Waals surface area (Å²) >= 11 is 0. The van der Waals surface area contributed by atoms with E-state index in [2.05, 4.69) is 60.2 Å². The van der Waals surface area contributed by atoms with Gasteiger partial charge in [0.1, 0.15) is 24.5 Å². The molecule has 37 heavy (non-hydrogen) atoms. The quantitative estimate of drug-likeness (QED) is 0.455. The Morgan fingerprint density at radius 1 is 1.22 bits per heavy atom. The van der Waals surface area contributed by atoms with Crippen LogP contribution >= 0.6 is 0 Å². The summed E-state index contributed by atoms with van der Waals surface area (Å²) < 4.78 is 0. The number of aldehydes is 1. The molecule has 0 radical (unpaired) electrons. The zero-order valence-electron chi connectivity index (χ0n) is 22.3. The number of anilines is 1. The molecule has 4 rings (SSSR count). The number of aliphatic hydroxyl groups is 1. The lowest BCUT2D eigenvalue weighted by Crippen LogP contribution is -2.58. The second-order valence-corrected chi connectivity index (χ2v) is 10.9. The van der Waals surface area contributed by atoms with E-state index in [1.165, 1.54) is 29.7 Å². The maximum atomic E-state index is 13.3. The Balaban J connectivity index is 0.000000356. The fraction of sp³-hybridized carbons (Fsp3) is 0.517. The highest BCUT2D eigenvalue weighted by Gasteiger charge is 2.36. The van der Waals surface area contributed by atoms with Gasteiger partial charge < -0.3 is 20.1 Å². The number of likely N-dealkylation sites (N-methyl/N-ethyl adjacent to an activating group) is 1. The average Bonchev–Trinajstić information content (AvgIpc) is 2.88. The van der Waals surface area contributed by atoms with Gasteiger partial charge in [0.25, 0.3) is 0 Å². The lowest BCUT2D eigenvalue weighted by molar-refractivity contribution is -0.124. The molecule has 0 bridgehead atoms. The van der Waals surface area contributed by atoms with E-state index >= 15 is 0 Å². The number of carbonyl (C=O) groups is 2. The highest BCUT2D eigenvalue weighted by atomic mass is 16.3. The third-order valence-corrected chi connectivity index (χ3v) is 7.13. The van der Waals surface area contributed by atoms with Crippen LogP contribution in [0.3, 0.4) is 0 Å². The molecule has 1 aliphatic carbocycles. The Labute approximate surface area is 220 Å². The number of nitrogens with one attached hydrogen (secondary N) is 1. The SMILES string of the molecule is CN(c1ccc(C(C)(C)C)cc1)C(C(=O)NC1CCCCC1)c1cccnc1.N#CN1CC(O)C1C=O. The van der Waals surface area contributed by atoms with Gasteiger partial charge >= 0.3 is 0 Å². The number of β-amino-alcohol motifs (C(OH)–C–C–N with tert-alkyl or cyclic N) is 1. The van der Waals surface area contributed by atoms with E-state index < -0.39 is 18.2 Å².